The summed E-state index contributed by atoms with van der Waals surface area (Å²) in [5.41, 5.74) is 1.31. The number of nitrogens with one attached hydrogen (secondary N) is 1. The molecule has 0 bridgehead atoms. The highest BCUT2D eigenvalue weighted by Gasteiger charge is 2.20. The molecular formula is C20H21ClN2O4. The van der Waals surface area contributed by atoms with Gasteiger partial charge in [-0.3, -0.25) is 9.59 Å². The predicted molar refractivity (Wildman–Crippen MR) is 104 cm³/mol. The summed E-state index contributed by atoms with van der Waals surface area (Å²) in [6.07, 6.45) is 0. The molecule has 2 amide bonds. The Kier molecular flexibility index (Phi) is 6.32. The fourth-order valence-electron chi connectivity index (χ4n) is 2.79. The Labute approximate surface area is 163 Å². The minimum Gasteiger partial charge on any atom is -0.494 e. The van der Waals surface area contributed by atoms with Crippen molar-refractivity contribution in [1.29, 1.82) is 0 Å². The zero-order valence-corrected chi connectivity index (χ0v) is 15.8. The molecule has 0 unspecified atom stereocenters. The van der Waals surface area contributed by atoms with Crippen molar-refractivity contribution in [3.05, 3.63) is 58.6 Å². The van der Waals surface area contributed by atoms with Gasteiger partial charge in [-0.2, -0.15) is 0 Å². The van der Waals surface area contributed by atoms with Crippen molar-refractivity contribution in [2.45, 2.75) is 6.92 Å². The average Bonchev–Trinajstić information content (AvgIpc) is 2.70. The maximum Gasteiger partial charge on any atom is 0.255 e. The molecule has 1 aliphatic heterocycles. The molecule has 0 aliphatic carbocycles. The lowest BCUT2D eigenvalue weighted by molar-refractivity contribution is 0.0303. The van der Waals surface area contributed by atoms with Gasteiger partial charge in [0.25, 0.3) is 11.8 Å². The Bertz CT molecular complexity index is 834. The van der Waals surface area contributed by atoms with Crippen molar-refractivity contribution >= 4 is 29.1 Å². The number of hydrogen-bond acceptors (Lipinski definition) is 4. The van der Waals surface area contributed by atoms with Crippen LogP contribution in [-0.4, -0.2) is 49.6 Å². The third-order valence-electron chi connectivity index (χ3n) is 4.17. The van der Waals surface area contributed by atoms with E-state index >= 15 is 0 Å². The van der Waals surface area contributed by atoms with Crippen LogP contribution in [0.3, 0.4) is 0 Å². The lowest BCUT2D eigenvalue weighted by atomic mass is 10.1. The molecule has 6 nitrogen and oxygen atoms in total. The predicted octanol–water partition coefficient (Wildman–Crippen LogP) is 3.46. The van der Waals surface area contributed by atoms with Crippen LogP contribution in [0, 0.1) is 0 Å². The van der Waals surface area contributed by atoms with E-state index in [1.807, 2.05) is 6.92 Å². The van der Waals surface area contributed by atoms with Gasteiger partial charge in [0.05, 0.1) is 30.5 Å². The molecule has 3 rings (SSSR count). The summed E-state index contributed by atoms with van der Waals surface area (Å²) in [7, 11) is 0. The number of nitrogens with zero attached hydrogens (tertiary/aromatic N) is 1. The van der Waals surface area contributed by atoms with Crippen molar-refractivity contribution < 1.29 is 19.1 Å². The second kappa shape index (κ2) is 8.88. The van der Waals surface area contributed by atoms with Gasteiger partial charge in [-0.05, 0) is 43.3 Å². The van der Waals surface area contributed by atoms with Crippen LogP contribution < -0.4 is 10.1 Å². The van der Waals surface area contributed by atoms with Gasteiger partial charge in [0.2, 0.25) is 0 Å². The van der Waals surface area contributed by atoms with Crippen molar-refractivity contribution in [2.75, 3.05) is 38.2 Å². The zero-order chi connectivity index (χ0) is 19.2. The number of carbonyl (C=O) groups excluding carboxylic acids is 2. The fraction of sp³-hybridized carbons (Fsp3) is 0.300. The van der Waals surface area contributed by atoms with E-state index in [-0.39, 0.29) is 11.8 Å². The Morgan fingerprint density at radius 3 is 2.67 bits per heavy atom. The van der Waals surface area contributed by atoms with Gasteiger partial charge in [0, 0.05) is 24.2 Å². The average molecular weight is 389 g/mol. The first-order valence-electron chi connectivity index (χ1n) is 8.79. The summed E-state index contributed by atoms with van der Waals surface area (Å²) in [6.45, 7) is 4.55. The first-order valence-corrected chi connectivity index (χ1v) is 9.17. The number of hydrogen-bond donors (Lipinski definition) is 1. The second-order valence-electron chi connectivity index (χ2n) is 6.01. The molecule has 0 atom stereocenters. The monoisotopic (exact) mass is 388 g/mol. The molecule has 0 saturated carbocycles. The fourth-order valence-corrected chi connectivity index (χ4v) is 2.96. The molecule has 1 aliphatic rings. The minimum absolute atomic E-state index is 0.108. The number of anilines is 1. The van der Waals surface area contributed by atoms with Gasteiger partial charge in [0.15, 0.2) is 0 Å². The van der Waals surface area contributed by atoms with Crippen molar-refractivity contribution in [1.82, 2.24) is 4.90 Å². The number of rotatable bonds is 5. The summed E-state index contributed by atoms with van der Waals surface area (Å²) in [5.74, 6) is 0.186. The lowest BCUT2D eigenvalue weighted by Gasteiger charge is -2.27. The summed E-state index contributed by atoms with van der Waals surface area (Å²) >= 11 is 6.21. The third-order valence-corrected chi connectivity index (χ3v) is 4.50. The zero-order valence-electron chi connectivity index (χ0n) is 15.0. The van der Waals surface area contributed by atoms with Gasteiger partial charge in [-0.15, -0.1) is 0 Å². The molecule has 1 fully saturated rings. The minimum atomic E-state index is -0.325. The van der Waals surface area contributed by atoms with E-state index in [0.29, 0.717) is 60.5 Å². The van der Waals surface area contributed by atoms with Crippen LogP contribution in [0.15, 0.2) is 42.5 Å². The highest BCUT2D eigenvalue weighted by Crippen LogP contribution is 2.25. The SMILES string of the molecule is CCOc1cccc(C(=O)Nc2cc(C(=O)N3CCOCC3)ccc2Cl)c1. The summed E-state index contributed by atoms with van der Waals surface area (Å²) in [4.78, 5) is 26.9. The van der Waals surface area contributed by atoms with E-state index in [0.717, 1.165) is 0 Å². The van der Waals surface area contributed by atoms with Gasteiger partial charge in [-0.1, -0.05) is 17.7 Å². The van der Waals surface area contributed by atoms with Crippen LogP contribution in [0.4, 0.5) is 5.69 Å². The van der Waals surface area contributed by atoms with Gasteiger partial charge in [0.1, 0.15) is 5.75 Å². The van der Waals surface area contributed by atoms with E-state index in [1.165, 1.54) is 0 Å². The summed E-state index contributed by atoms with van der Waals surface area (Å²) in [5, 5.41) is 3.14. The first-order chi connectivity index (χ1) is 13.1. The number of amides is 2. The lowest BCUT2D eigenvalue weighted by Crippen LogP contribution is -2.40. The molecule has 1 saturated heterocycles. The van der Waals surface area contributed by atoms with E-state index in [2.05, 4.69) is 5.32 Å². The van der Waals surface area contributed by atoms with E-state index < -0.39 is 0 Å². The second-order valence-corrected chi connectivity index (χ2v) is 6.42. The smallest absolute Gasteiger partial charge is 0.255 e. The Hall–Kier alpha value is -2.57. The molecule has 0 spiro atoms. The first kappa shape index (κ1) is 19.2. The quantitative estimate of drug-likeness (QED) is 0.851. The van der Waals surface area contributed by atoms with Crippen molar-refractivity contribution in [2.24, 2.45) is 0 Å². The summed E-state index contributed by atoms with van der Waals surface area (Å²) < 4.78 is 10.7. The van der Waals surface area contributed by atoms with Crippen LogP contribution in [0.1, 0.15) is 27.6 Å². The van der Waals surface area contributed by atoms with Crippen LogP contribution >= 0.6 is 11.6 Å². The molecule has 1 heterocycles. The molecule has 0 radical (unpaired) electrons. The van der Waals surface area contributed by atoms with Gasteiger partial charge >= 0.3 is 0 Å². The van der Waals surface area contributed by atoms with Crippen LogP contribution in [0.2, 0.25) is 5.02 Å². The molecule has 27 heavy (non-hydrogen) atoms. The van der Waals surface area contributed by atoms with Crippen LogP contribution in [0.25, 0.3) is 0 Å². The number of morpholine rings is 1. The molecule has 1 N–H and O–H groups in total. The van der Waals surface area contributed by atoms with Crippen molar-refractivity contribution in [3.63, 3.8) is 0 Å². The Morgan fingerprint density at radius 2 is 1.93 bits per heavy atom. The molecule has 7 heteroatoms. The number of ether oxygens (including phenoxy) is 2. The maximum atomic E-state index is 12.6. The maximum absolute atomic E-state index is 12.6. The van der Waals surface area contributed by atoms with Crippen LogP contribution in [0.5, 0.6) is 5.75 Å². The van der Waals surface area contributed by atoms with Gasteiger partial charge in [-0.25, -0.2) is 0 Å². The number of halogens is 1. The highest BCUT2D eigenvalue weighted by molar-refractivity contribution is 6.34. The normalized spacial score (nSPS) is 13.9. The van der Waals surface area contributed by atoms with E-state index in [9.17, 15) is 9.59 Å². The largest absolute Gasteiger partial charge is 0.494 e. The topological polar surface area (TPSA) is 67.9 Å². The Balaban J connectivity index is 1.77. The molecular weight excluding hydrogens is 368 g/mol. The molecule has 0 aromatic heterocycles. The molecule has 142 valence electrons. The standard InChI is InChI=1S/C20H21ClN2O4/c1-2-27-16-5-3-4-14(12-16)19(24)22-18-13-15(6-7-17(18)21)20(25)23-8-10-26-11-9-23/h3-7,12-13H,2,8-11H2,1H3,(H,22,24). The molecule has 2 aromatic rings. The Morgan fingerprint density at radius 1 is 1.15 bits per heavy atom. The number of benzene rings is 2. The van der Waals surface area contributed by atoms with E-state index in [4.69, 9.17) is 21.1 Å². The van der Waals surface area contributed by atoms with E-state index in [1.54, 1.807) is 47.4 Å². The van der Waals surface area contributed by atoms with Crippen molar-refractivity contribution in [3.8, 4) is 5.75 Å². The van der Waals surface area contributed by atoms with Gasteiger partial charge < -0.3 is 19.7 Å². The van der Waals surface area contributed by atoms with Crippen LogP contribution in [-0.2, 0) is 4.74 Å². The third kappa shape index (κ3) is 4.78. The number of carbonyl (C=O) groups is 2. The summed E-state index contributed by atoms with van der Waals surface area (Å²) in [6, 6.07) is 11.8. The highest BCUT2D eigenvalue weighted by atomic mass is 35.5. The molecule has 2 aromatic carbocycles.